The summed E-state index contributed by atoms with van der Waals surface area (Å²) in [5.41, 5.74) is 0. The van der Waals surface area contributed by atoms with Gasteiger partial charge in [-0.05, 0) is 18.5 Å². The minimum atomic E-state index is -0.309. The van der Waals surface area contributed by atoms with Crippen LogP contribution in [0.3, 0.4) is 0 Å². The quantitative estimate of drug-likeness (QED) is 0.358. The second-order valence-electron chi connectivity index (χ2n) is 1.50. The molecule has 0 amide bonds. The first-order valence-corrected chi connectivity index (χ1v) is 3.39. The van der Waals surface area contributed by atoms with E-state index in [2.05, 4.69) is 14.7 Å². The van der Waals surface area contributed by atoms with Gasteiger partial charge in [-0.3, -0.25) is 0 Å². The number of methoxy groups -OCH3 is 1. The van der Waals surface area contributed by atoms with E-state index in [0.717, 1.165) is 0 Å². The van der Waals surface area contributed by atoms with Crippen molar-refractivity contribution in [2.45, 2.75) is 6.92 Å². The standard InChI is InChI=1S/C5H7Cl2N3O/c1-3(6)9-4(7)10-5(8)11-2/h8H,1-2H3. The molecule has 0 aliphatic rings. The van der Waals surface area contributed by atoms with Crippen LogP contribution in [-0.2, 0) is 4.74 Å². The minimum Gasteiger partial charge on any atom is -0.467 e. The van der Waals surface area contributed by atoms with Crippen LogP contribution in [0.2, 0.25) is 0 Å². The van der Waals surface area contributed by atoms with Crippen LogP contribution in [0.5, 0.6) is 0 Å². The zero-order valence-electron chi connectivity index (χ0n) is 6.06. The Morgan fingerprint density at radius 1 is 1.36 bits per heavy atom. The third kappa shape index (κ3) is 5.82. The number of aliphatic imine (C=N–C) groups is 2. The molecule has 0 unspecified atom stereocenters. The van der Waals surface area contributed by atoms with E-state index in [4.69, 9.17) is 28.6 Å². The molecule has 0 bridgehead atoms. The van der Waals surface area contributed by atoms with Crippen molar-refractivity contribution in [3.63, 3.8) is 0 Å². The van der Waals surface area contributed by atoms with Crippen molar-refractivity contribution >= 4 is 39.7 Å². The van der Waals surface area contributed by atoms with Gasteiger partial charge in [0, 0.05) is 0 Å². The molecule has 0 aromatic carbocycles. The maximum Gasteiger partial charge on any atom is 0.311 e. The Labute approximate surface area is 74.4 Å². The summed E-state index contributed by atoms with van der Waals surface area (Å²) in [4.78, 5) is 6.95. The van der Waals surface area contributed by atoms with Gasteiger partial charge in [0.25, 0.3) is 0 Å². The number of halogens is 2. The molecule has 0 radical (unpaired) electrons. The lowest BCUT2D eigenvalue weighted by Crippen LogP contribution is -1.97. The predicted molar refractivity (Wildman–Crippen MR) is 47.0 cm³/mol. The highest BCUT2D eigenvalue weighted by Gasteiger charge is 1.94. The van der Waals surface area contributed by atoms with Crippen molar-refractivity contribution in [2.24, 2.45) is 9.98 Å². The predicted octanol–water partition coefficient (Wildman–Crippen LogP) is 1.82. The fourth-order valence-electron chi connectivity index (χ4n) is 0.282. The van der Waals surface area contributed by atoms with Gasteiger partial charge >= 0.3 is 6.02 Å². The maximum absolute atomic E-state index is 6.91. The van der Waals surface area contributed by atoms with Crippen LogP contribution in [0.4, 0.5) is 0 Å². The molecule has 0 aromatic heterocycles. The van der Waals surface area contributed by atoms with Crippen LogP contribution < -0.4 is 0 Å². The fourth-order valence-corrected chi connectivity index (χ4v) is 0.608. The second kappa shape index (κ2) is 5.09. The molecule has 0 rings (SSSR count). The maximum atomic E-state index is 6.91. The Kier molecular flexibility index (Phi) is 4.81. The first-order chi connectivity index (χ1) is 5.06. The van der Waals surface area contributed by atoms with Gasteiger partial charge in [0.2, 0.25) is 5.29 Å². The van der Waals surface area contributed by atoms with Crippen LogP contribution >= 0.6 is 23.2 Å². The number of hydrogen-bond acceptors (Lipinski definition) is 2. The van der Waals surface area contributed by atoms with Crippen molar-refractivity contribution in [3.05, 3.63) is 0 Å². The number of amidine groups is 2. The Morgan fingerprint density at radius 3 is 2.27 bits per heavy atom. The largest absolute Gasteiger partial charge is 0.467 e. The Morgan fingerprint density at radius 2 is 1.91 bits per heavy atom. The third-order valence-corrected chi connectivity index (χ3v) is 0.887. The van der Waals surface area contributed by atoms with Gasteiger partial charge in [0.05, 0.1) is 7.11 Å². The summed E-state index contributed by atoms with van der Waals surface area (Å²) in [5.74, 6) is 0. The summed E-state index contributed by atoms with van der Waals surface area (Å²) in [7, 11) is 1.31. The lowest BCUT2D eigenvalue weighted by atomic mass is 10.9. The molecule has 0 aliphatic heterocycles. The number of rotatable bonds is 0. The first kappa shape index (κ1) is 10.4. The van der Waals surface area contributed by atoms with Crippen molar-refractivity contribution in [1.29, 1.82) is 5.41 Å². The van der Waals surface area contributed by atoms with Crippen molar-refractivity contribution in [1.82, 2.24) is 0 Å². The van der Waals surface area contributed by atoms with E-state index in [1.54, 1.807) is 6.92 Å². The average molecular weight is 196 g/mol. The van der Waals surface area contributed by atoms with E-state index < -0.39 is 0 Å². The number of hydrogen-bond donors (Lipinski definition) is 1. The molecule has 0 saturated carbocycles. The lowest BCUT2D eigenvalue weighted by Gasteiger charge is -1.92. The molecule has 1 N–H and O–H groups in total. The molecule has 62 valence electrons. The second-order valence-corrected chi connectivity index (χ2v) is 2.38. The smallest absolute Gasteiger partial charge is 0.311 e. The monoisotopic (exact) mass is 195 g/mol. The SMILES string of the molecule is COC(=N)N=C(Cl)N=C(C)Cl. The molecule has 0 spiro atoms. The number of nitrogens with one attached hydrogen (secondary N) is 1. The van der Waals surface area contributed by atoms with Crippen LogP contribution in [0, 0.1) is 5.41 Å². The molecular formula is C5H7Cl2N3O. The zero-order valence-corrected chi connectivity index (χ0v) is 7.57. The molecule has 0 atom stereocenters. The third-order valence-electron chi connectivity index (χ3n) is 0.633. The summed E-state index contributed by atoms with van der Waals surface area (Å²) in [6, 6.07) is -0.309. The molecule has 11 heavy (non-hydrogen) atoms. The van der Waals surface area contributed by atoms with Gasteiger partial charge in [-0.15, -0.1) is 0 Å². The first-order valence-electron chi connectivity index (χ1n) is 2.63. The number of ether oxygens (including phenoxy) is 1. The van der Waals surface area contributed by atoms with Gasteiger partial charge in [0.15, 0.2) is 0 Å². The molecular weight excluding hydrogens is 189 g/mol. The number of nitrogens with zero attached hydrogens (tertiary/aromatic N) is 2. The molecule has 4 nitrogen and oxygen atoms in total. The zero-order chi connectivity index (χ0) is 8.85. The topological polar surface area (TPSA) is 57.8 Å². The normalized spacial score (nSPS) is 13.1. The molecule has 0 aromatic rings. The summed E-state index contributed by atoms with van der Waals surface area (Å²) >= 11 is 10.8. The summed E-state index contributed by atoms with van der Waals surface area (Å²) in [6.45, 7) is 1.55. The van der Waals surface area contributed by atoms with Crippen LogP contribution in [-0.4, -0.2) is 23.6 Å². The van der Waals surface area contributed by atoms with E-state index >= 15 is 0 Å². The van der Waals surface area contributed by atoms with Crippen LogP contribution in [0.1, 0.15) is 6.92 Å². The highest BCUT2D eigenvalue weighted by Crippen LogP contribution is 1.93. The van der Waals surface area contributed by atoms with Crippen LogP contribution in [0.15, 0.2) is 9.98 Å². The highest BCUT2D eigenvalue weighted by molar-refractivity contribution is 6.71. The Bertz CT molecular complexity index is 208. The molecule has 0 saturated heterocycles. The minimum absolute atomic E-state index is 0.121. The van der Waals surface area contributed by atoms with E-state index in [9.17, 15) is 0 Å². The highest BCUT2D eigenvalue weighted by atomic mass is 35.5. The molecule has 6 heteroatoms. The summed E-state index contributed by atoms with van der Waals surface area (Å²) in [5, 5.41) is 7.04. The van der Waals surface area contributed by atoms with E-state index in [-0.39, 0.29) is 16.5 Å². The average Bonchev–Trinajstić information content (AvgIpc) is 1.85. The Hall–Kier alpha value is -0.610. The molecule has 0 heterocycles. The van der Waals surface area contributed by atoms with Gasteiger partial charge in [-0.2, -0.15) is 4.99 Å². The molecule has 0 aliphatic carbocycles. The van der Waals surface area contributed by atoms with Gasteiger partial charge in [-0.1, -0.05) is 11.6 Å². The lowest BCUT2D eigenvalue weighted by molar-refractivity contribution is 0.393. The van der Waals surface area contributed by atoms with Gasteiger partial charge in [-0.25, -0.2) is 10.4 Å². The van der Waals surface area contributed by atoms with Crippen molar-refractivity contribution in [2.75, 3.05) is 7.11 Å². The van der Waals surface area contributed by atoms with Gasteiger partial charge in [0.1, 0.15) is 5.17 Å². The van der Waals surface area contributed by atoms with E-state index in [1.807, 2.05) is 0 Å². The van der Waals surface area contributed by atoms with Crippen molar-refractivity contribution < 1.29 is 4.74 Å². The molecule has 0 fully saturated rings. The summed E-state index contributed by atoms with van der Waals surface area (Å²) in [6.07, 6.45) is 0. The fraction of sp³-hybridized carbons (Fsp3) is 0.400. The van der Waals surface area contributed by atoms with E-state index in [1.165, 1.54) is 7.11 Å². The Balaban J connectivity index is 4.23. The summed E-state index contributed by atoms with van der Waals surface area (Å²) < 4.78 is 4.40. The van der Waals surface area contributed by atoms with Crippen LogP contribution in [0.25, 0.3) is 0 Å². The van der Waals surface area contributed by atoms with E-state index in [0.29, 0.717) is 0 Å². The van der Waals surface area contributed by atoms with Gasteiger partial charge < -0.3 is 4.74 Å². The van der Waals surface area contributed by atoms with Crippen molar-refractivity contribution in [3.8, 4) is 0 Å².